The number of carbonyl (C=O) groups excluding carboxylic acids is 1. The summed E-state index contributed by atoms with van der Waals surface area (Å²) in [6.45, 7) is 1.96. The maximum Gasteiger partial charge on any atom is 0.254 e. The van der Waals surface area contributed by atoms with Gasteiger partial charge in [0.15, 0.2) is 11.5 Å². The SMILES string of the molecule is O=C(c1cc(Cl)c2c(c1)OCCO2)N1CCN(S(=O)(=O)c2ccc3c(c2)CCC3)CC1. The lowest BCUT2D eigenvalue weighted by Crippen LogP contribution is -2.50. The first-order chi connectivity index (χ1) is 14.9. The molecule has 164 valence electrons. The van der Waals surface area contributed by atoms with Gasteiger partial charge in [-0.25, -0.2) is 8.42 Å². The van der Waals surface area contributed by atoms with Crippen LogP contribution >= 0.6 is 11.6 Å². The molecular weight excluding hydrogens is 440 g/mol. The molecule has 31 heavy (non-hydrogen) atoms. The molecule has 0 bridgehead atoms. The Hall–Kier alpha value is -2.29. The van der Waals surface area contributed by atoms with Crippen LogP contribution < -0.4 is 9.47 Å². The van der Waals surface area contributed by atoms with E-state index in [1.165, 1.54) is 9.87 Å². The van der Waals surface area contributed by atoms with Gasteiger partial charge in [0.2, 0.25) is 10.0 Å². The van der Waals surface area contributed by atoms with Crippen molar-refractivity contribution in [3.8, 4) is 11.5 Å². The van der Waals surface area contributed by atoms with Crippen molar-refractivity contribution in [3.63, 3.8) is 0 Å². The first-order valence-corrected chi connectivity index (χ1v) is 12.3. The van der Waals surface area contributed by atoms with Crippen LogP contribution in [0.25, 0.3) is 0 Å². The Balaban J connectivity index is 1.29. The van der Waals surface area contributed by atoms with Crippen LogP contribution in [0.15, 0.2) is 35.2 Å². The monoisotopic (exact) mass is 462 g/mol. The van der Waals surface area contributed by atoms with E-state index in [2.05, 4.69) is 0 Å². The predicted molar refractivity (Wildman–Crippen MR) is 116 cm³/mol. The van der Waals surface area contributed by atoms with Crippen LogP contribution in [-0.2, 0) is 22.9 Å². The van der Waals surface area contributed by atoms with E-state index in [1.807, 2.05) is 12.1 Å². The summed E-state index contributed by atoms with van der Waals surface area (Å²) in [5.41, 5.74) is 2.78. The van der Waals surface area contributed by atoms with E-state index in [1.54, 1.807) is 23.1 Å². The van der Waals surface area contributed by atoms with Gasteiger partial charge in [0.05, 0.1) is 9.92 Å². The Kier molecular flexibility index (Phi) is 5.32. The molecule has 2 aromatic carbocycles. The number of piperazine rings is 1. The minimum absolute atomic E-state index is 0.201. The molecule has 0 aromatic heterocycles. The lowest BCUT2D eigenvalue weighted by molar-refractivity contribution is 0.0697. The second-order valence-corrected chi connectivity index (χ2v) is 10.3. The van der Waals surface area contributed by atoms with E-state index in [9.17, 15) is 13.2 Å². The number of aryl methyl sites for hydroxylation is 2. The highest BCUT2D eigenvalue weighted by molar-refractivity contribution is 7.89. The second-order valence-electron chi connectivity index (χ2n) is 7.96. The molecule has 0 spiro atoms. The fourth-order valence-electron chi connectivity index (χ4n) is 4.41. The quantitative estimate of drug-likeness (QED) is 0.701. The Labute approximate surface area is 186 Å². The zero-order chi connectivity index (χ0) is 21.6. The van der Waals surface area contributed by atoms with Gasteiger partial charge in [-0.3, -0.25) is 4.79 Å². The molecule has 2 heterocycles. The summed E-state index contributed by atoms with van der Waals surface area (Å²) in [4.78, 5) is 15.0. The molecule has 9 heteroatoms. The summed E-state index contributed by atoms with van der Waals surface area (Å²) in [6.07, 6.45) is 3.02. The third-order valence-electron chi connectivity index (χ3n) is 6.08. The van der Waals surface area contributed by atoms with Crippen molar-refractivity contribution in [1.29, 1.82) is 0 Å². The van der Waals surface area contributed by atoms with E-state index in [-0.39, 0.29) is 19.0 Å². The van der Waals surface area contributed by atoms with Gasteiger partial charge in [-0.2, -0.15) is 4.31 Å². The molecule has 0 radical (unpaired) electrons. The summed E-state index contributed by atoms with van der Waals surface area (Å²) in [5, 5.41) is 0.332. The van der Waals surface area contributed by atoms with Crippen LogP contribution in [0.2, 0.25) is 5.02 Å². The highest BCUT2D eigenvalue weighted by atomic mass is 35.5. The molecule has 3 aliphatic rings. The average molecular weight is 463 g/mol. The van der Waals surface area contributed by atoms with Gasteiger partial charge in [-0.1, -0.05) is 17.7 Å². The fourth-order valence-corrected chi connectivity index (χ4v) is 6.14. The summed E-state index contributed by atoms with van der Waals surface area (Å²) < 4.78 is 38.7. The van der Waals surface area contributed by atoms with Gasteiger partial charge in [-0.15, -0.1) is 0 Å². The summed E-state index contributed by atoms with van der Waals surface area (Å²) >= 11 is 6.26. The van der Waals surface area contributed by atoms with E-state index in [0.29, 0.717) is 53.3 Å². The van der Waals surface area contributed by atoms with Crippen LogP contribution in [0.4, 0.5) is 0 Å². The number of nitrogens with zero attached hydrogens (tertiary/aromatic N) is 2. The minimum Gasteiger partial charge on any atom is -0.486 e. The molecule has 5 rings (SSSR count). The van der Waals surface area contributed by atoms with E-state index in [0.717, 1.165) is 24.8 Å². The molecular formula is C22H23ClN2O5S. The molecule has 1 amide bonds. The van der Waals surface area contributed by atoms with E-state index in [4.69, 9.17) is 21.1 Å². The van der Waals surface area contributed by atoms with Crippen molar-refractivity contribution in [3.05, 3.63) is 52.0 Å². The molecule has 2 aliphatic heterocycles. The molecule has 0 unspecified atom stereocenters. The topological polar surface area (TPSA) is 76.2 Å². The van der Waals surface area contributed by atoms with Gasteiger partial charge >= 0.3 is 0 Å². The summed E-state index contributed by atoms with van der Waals surface area (Å²) in [7, 11) is -3.58. The third-order valence-corrected chi connectivity index (χ3v) is 8.25. The largest absolute Gasteiger partial charge is 0.486 e. The van der Waals surface area contributed by atoms with Crippen LogP contribution in [-0.4, -0.2) is 62.9 Å². The number of fused-ring (bicyclic) bond motifs is 2. The smallest absolute Gasteiger partial charge is 0.254 e. The normalized spacial score (nSPS) is 18.7. The molecule has 1 saturated heterocycles. The number of hydrogen-bond acceptors (Lipinski definition) is 5. The van der Waals surface area contributed by atoms with Crippen LogP contribution in [0.5, 0.6) is 11.5 Å². The Morgan fingerprint density at radius 1 is 0.935 bits per heavy atom. The van der Waals surface area contributed by atoms with Crippen molar-refractivity contribution in [1.82, 2.24) is 9.21 Å². The molecule has 0 N–H and O–H groups in total. The molecule has 0 saturated carbocycles. The van der Waals surface area contributed by atoms with E-state index < -0.39 is 10.0 Å². The number of sulfonamides is 1. The van der Waals surface area contributed by atoms with Gasteiger partial charge < -0.3 is 14.4 Å². The van der Waals surface area contributed by atoms with Crippen molar-refractivity contribution < 1.29 is 22.7 Å². The van der Waals surface area contributed by atoms with Gasteiger partial charge in [0, 0.05) is 31.7 Å². The number of rotatable bonds is 3. The standard InChI is InChI=1S/C22H23ClN2O5S/c23-19-13-17(14-20-21(19)30-11-10-29-20)22(26)24-6-8-25(9-7-24)31(27,28)18-5-4-15-2-1-3-16(15)12-18/h4-5,12-14H,1-3,6-11H2. The van der Waals surface area contributed by atoms with Crippen molar-refractivity contribution in [2.45, 2.75) is 24.2 Å². The van der Waals surface area contributed by atoms with Gasteiger partial charge in [-0.05, 0) is 54.7 Å². The van der Waals surface area contributed by atoms with Crippen molar-refractivity contribution in [2.75, 3.05) is 39.4 Å². The average Bonchev–Trinajstić information content (AvgIpc) is 3.27. The molecule has 1 fully saturated rings. The first-order valence-electron chi connectivity index (χ1n) is 10.4. The number of carbonyl (C=O) groups is 1. The number of amides is 1. The van der Waals surface area contributed by atoms with Crippen LogP contribution in [0.3, 0.4) is 0 Å². The predicted octanol–water partition coefficient (Wildman–Crippen LogP) is 2.75. The zero-order valence-electron chi connectivity index (χ0n) is 17.0. The first kappa shape index (κ1) is 20.6. The third kappa shape index (κ3) is 3.77. The lowest BCUT2D eigenvalue weighted by atomic mass is 10.1. The van der Waals surface area contributed by atoms with Crippen LogP contribution in [0.1, 0.15) is 27.9 Å². The van der Waals surface area contributed by atoms with Crippen LogP contribution in [0, 0.1) is 0 Å². The highest BCUT2D eigenvalue weighted by Crippen LogP contribution is 2.38. The van der Waals surface area contributed by atoms with E-state index >= 15 is 0 Å². The summed E-state index contributed by atoms with van der Waals surface area (Å²) in [6, 6.07) is 8.66. The molecule has 2 aromatic rings. The highest BCUT2D eigenvalue weighted by Gasteiger charge is 2.32. The number of hydrogen-bond donors (Lipinski definition) is 0. The van der Waals surface area contributed by atoms with Gasteiger partial charge in [0.25, 0.3) is 5.91 Å². The Morgan fingerprint density at radius 2 is 1.68 bits per heavy atom. The summed E-state index contributed by atoms with van der Waals surface area (Å²) in [5.74, 6) is 0.711. The number of halogens is 1. The van der Waals surface area contributed by atoms with Gasteiger partial charge in [0.1, 0.15) is 13.2 Å². The fraction of sp³-hybridized carbons (Fsp3) is 0.409. The number of ether oxygens (including phenoxy) is 2. The lowest BCUT2D eigenvalue weighted by Gasteiger charge is -2.34. The Morgan fingerprint density at radius 3 is 2.48 bits per heavy atom. The molecule has 1 aliphatic carbocycles. The second kappa shape index (κ2) is 8.00. The Bertz CT molecular complexity index is 1140. The molecule has 0 atom stereocenters. The van der Waals surface area contributed by atoms with Crippen molar-refractivity contribution >= 4 is 27.5 Å². The molecule has 7 nitrogen and oxygen atoms in total. The minimum atomic E-state index is -3.58. The zero-order valence-corrected chi connectivity index (χ0v) is 18.5. The van der Waals surface area contributed by atoms with Crippen molar-refractivity contribution in [2.24, 2.45) is 0 Å². The number of benzene rings is 2. The maximum absolute atomic E-state index is 13.1. The maximum atomic E-state index is 13.1.